The molecule has 0 saturated carbocycles. The monoisotopic (exact) mass is 350 g/mol. The van der Waals surface area contributed by atoms with Gasteiger partial charge in [-0.05, 0) is 23.7 Å². The van der Waals surface area contributed by atoms with Crippen molar-refractivity contribution in [1.82, 2.24) is 0 Å². The van der Waals surface area contributed by atoms with Crippen molar-refractivity contribution < 1.29 is 14.3 Å². The van der Waals surface area contributed by atoms with Crippen LogP contribution < -0.4 is 0 Å². The van der Waals surface area contributed by atoms with Crippen LogP contribution in [0.1, 0.15) is 41.5 Å². The minimum absolute atomic E-state index is 0.198. The topological polar surface area (TPSA) is 43.4 Å². The van der Waals surface area contributed by atoms with Crippen molar-refractivity contribution in [1.29, 1.82) is 0 Å². The first-order valence-corrected chi connectivity index (χ1v) is 9.59. The molecule has 3 nitrogen and oxygen atoms in total. The Bertz CT molecular complexity index is 645. The first-order chi connectivity index (χ1) is 10.6. The summed E-state index contributed by atoms with van der Waals surface area (Å²) in [5, 5.41) is 0.396. The van der Waals surface area contributed by atoms with Crippen LogP contribution in [-0.4, -0.2) is 22.4 Å². The molecule has 5 heteroatoms. The fourth-order valence-electron chi connectivity index (χ4n) is 3.87. The van der Waals surface area contributed by atoms with Gasteiger partial charge < -0.3 is 4.74 Å². The van der Waals surface area contributed by atoms with Crippen LogP contribution in [0.4, 0.5) is 0 Å². The highest BCUT2D eigenvalue weighted by Crippen LogP contribution is 2.57. The van der Waals surface area contributed by atoms with Crippen molar-refractivity contribution in [2.24, 2.45) is 10.8 Å². The molecule has 0 aromatic rings. The van der Waals surface area contributed by atoms with Crippen molar-refractivity contribution in [3.63, 3.8) is 0 Å². The van der Waals surface area contributed by atoms with Crippen LogP contribution in [0.2, 0.25) is 0 Å². The molecule has 0 bridgehead atoms. The number of carbonyl (C=O) groups is 2. The zero-order chi connectivity index (χ0) is 17.2. The van der Waals surface area contributed by atoms with Gasteiger partial charge in [-0.1, -0.05) is 39.8 Å². The second kappa shape index (κ2) is 5.28. The molecule has 0 spiro atoms. The van der Waals surface area contributed by atoms with E-state index in [-0.39, 0.29) is 10.5 Å². The molecule has 0 radical (unpaired) electrons. The van der Waals surface area contributed by atoms with Crippen LogP contribution in [0.15, 0.2) is 33.1 Å². The van der Waals surface area contributed by atoms with Gasteiger partial charge in [-0.15, -0.1) is 23.5 Å². The first kappa shape index (κ1) is 16.9. The van der Waals surface area contributed by atoms with Crippen molar-refractivity contribution in [2.75, 3.05) is 0 Å². The third-order valence-electron chi connectivity index (χ3n) is 5.34. The van der Waals surface area contributed by atoms with Gasteiger partial charge >= 0.3 is 11.9 Å². The summed E-state index contributed by atoms with van der Waals surface area (Å²) in [5.41, 5.74) is 0.177. The van der Waals surface area contributed by atoms with Crippen molar-refractivity contribution in [3.05, 3.63) is 33.1 Å². The van der Waals surface area contributed by atoms with Crippen LogP contribution in [-0.2, 0) is 14.3 Å². The maximum absolute atomic E-state index is 12.6. The molecule has 0 saturated heterocycles. The predicted molar refractivity (Wildman–Crippen MR) is 96.0 cm³/mol. The van der Waals surface area contributed by atoms with Gasteiger partial charge in [0.25, 0.3) is 0 Å². The number of carbonyl (C=O) groups excluding carboxylic acids is 2. The highest BCUT2D eigenvalue weighted by molar-refractivity contribution is 8.04. The number of cyclic esters (lactones) is 2. The second-order valence-electron chi connectivity index (χ2n) is 7.02. The lowest BCUT2D eigenvalue weighted by molar-refractivity contribution is -0.151. The van der Waals surface area contributed by atoms with E-state index in [9.17, 15) is 9.59 Å². The van der Waals surface area contributed by atoms with Crippen LogP contribution in [0.3, 0.4) is 0 Å². The van der Waals surface area contributed by atoms with E-state index < -0.39 is 22.8 Å². The Kier molecular flexibility index (Phi) is 3.88. The van der Waals surface area contributed by atoms with Crippen LogP contribution >= 0.6 is 23.5 Å². The van der Waals surface area contributed by atoms with Crippen molar-refractivity contribution in [2.45, 2.75) is 52.0 Å². The number of rotatable bonds is 2. The molecule has 0 N–H and O–H groups in total. The molecule has 3 aliphatic rings. The molecule has 0 fully saturated rings. The molecule has 0 aliphatic carbocycles. The van der Waals surface area contributed by atoms with Gasteiger partial charge in [0.05, 0.1) is 11.1 Å². The van der Waals surface area contributed by atoms with E-state index >= 15 is 0 Å². The molecule has 4 unspecified atom stereocenters. The fourth-order valence-corrected chi connectivity index (χ4v) is 6.47. The number of allylic oxidation sites excluding steroid dienone is 4. The molecule has 3 rings (SSSR count). The molecule has 23 heavy (non-hydrogen) atoms. The lowest BCUT2D eigenvalue weighted by atomic mass is 9.70. The molecule has 0 amide bonds. The average molecular weight is 351 g/mol. The summed E-state index contributed by atoms with van der Waals surface area (Å²) in [5.74, 6) is -0.940. The largest absolute Gasteiger partial charge is 0.386 e. The summed E-state index contributed by atoms with van der Waals surface area (Å²) in [7, 11) is 0. The number of hydrogen-bond donors (Lipinski definition) is 0. The number of hydrogen-bond acceptors (Lipinski definition) is 5. The summed E-state index contributed by atoms with van der Waals surface area (Å²) >= 11 is 3.50. The fraction of sp³-hybridized carbons (Fsp3) is 0.556. The zero-order valence-electron chi connectivity index (χ0n) is 14.4. The van der Waals surface area contributed by atoms with E-state index in [1.807, 2.05) is 13.8 Å². The molecule has 124 valence electrons. The molecule has 3 aliphatic heterocycles. The lowest BCUT2D eigenvalue weighted by Crippen LogP contribution is -2.33. The van der Waals surface area contributed by atoms with Crippen LogP contribution in [0.25, 0.3) is 0 Å². The van der Waals surface area contributed by atoms with E-state index in [0.29, 0.717) is 11.1 Å². The van der Waals surface area contributed by atoms with Crippen LogP contribution in [0.5, 0.6) is 0 Å². The number of ether oxygens (including phenoxy) is 1. The number of thioether (sulfide) groups is 2. The minimum Gasteiger partial charge on any atom is -0.386 e. The quantitative estimate of drug-likeness (QED) is 0.543. The zero-order valence-corrected chi connectivity index (χ0v) is 16.0. The Hall–Kier alpha value is -0.940. The summed E-state index contributed by atoms with van der Waals surface area (Å²) < 4.78 is 5.08. The van der Waals surface area contributed by atoms with Gasteiger partial charge in [0.2, 0.25) is 0 Å². The third kappa shape index (κ3) is 2.35. The van der Waals surface area contributed by atoms with E-state index in [0.717, 1.165) is 0 Å². The normalized spacial score (nSPS) is 40.6. The Morgan fingerprint density at radius 3 is 1.48 bits per heavy atom. The van der Waals surface area contributed by atoms with E-state index in [2.05, 4.69) is 39.8 Å². The average Bonchev–Trinajstić information content (AvgIpc) is 2.95. The minimum atomic E-state index is -0.470. The second-order valence-corrected chi connectivity index (χ2v) is 10.2. The van der Waals surface area contributed by atoms with E-state index in [1.165, 1.54) is 9.81 Å². The van der Waals surface area contributed by atoms with E-state index in [4.69, 9.17) is 4.74 Å². The Morgan fingerprint density at radius 1 is 0.870 bits per heavy atom. The highest BCUT2D eigenvalue weighted by atomic mass is 32.2. The molecule has 0 aromatic carbocycles. The Morgan fingerprint density at radius 2 is 1.22 bits per heavy atom. The molecule has 0 aromatic heterocycles. The molecule has 4 atom stereocenters. The van der Waals surface area contributed by atoms with Gasteiger partial charge in [0.1, 0.15) is 0 Å². The first-order valence-electron chi connectivity index (χ1n) is 7.83. The molecule has 3 heterocycles. The summed E-state index contributed by atoms with van der Waals surface area (Å²) in [6, 6.07) is 0. The standard InChI is InChI=1S/C18H22O3S2/c1-9-7-17(5,11(3)22-9)13-14(16(20)21-15(13)19)18(6)8-10(2)23-12(18)4/h7-8,11-12H,1-6H3. The summed E-state index contributed by atoms with van der Waals surface area (Å²) in [6.07, 6.45) is 4.23. The maximum atomic E-state index is 12.6. The van der Waals surface area contributed by atoms with Gasteiger partial charge in [-0.25, -0.2) is 9.59 Å². The van der Waals surface area contributed by atoms with Gasteiger partial charge in [-0.2, -0.15) is 0 Å². The predicted octanol–water partition coefficient (Wildman–Crippen LogP) is 4.46. The van der Waals surface area contributed by atoms with Gasteiger partial charge in [-0.3, -0.25) is 0 Å². The van der Waals surface area contributed by atoms with Crippen molar-refractivity contribution >= 4 is 35.5 Å². The third-order valence-corrected chi connectivity index (χ3v) is 8.01. The SMILES string of the molecule is CC1=CC(C)(C2=C(C3(C)C=C(C)SC3C)C(=O)OC2=O)C(C)S1. The summed E-state index contributed by atoms with van der Waals surface area (Å²) in [4.78, 5) is 27.5. The Balaban J connectivity index is 2.24. The van der Waals surface area contributed by atoms with E-state index in [1.54, 1.807) is 23.5 Å². The van der Waals surface area contributed by atoms with Gasteiger partial charge in [0.15, 0.2) is 0 Å². The highest BCUT2D eigenvalue weighted by Gasteiger charge is 2.54. The Labute approximate surface area is 146 Å². The lowest BCUT2D eigenvalue weighted by Gasteiger charge is -2.33. The molecular formula is C18H22O3S2. The van der Waals surface area contributed by atoms with Crippen LogP contribution in [0, 0.1) is 10.8 Å². The summed E-state index contributed by atoms with van der Waals surface area (Å²) in [6.45, 7) is 12.4. The molecular weight excluding hydrogens is 328 g/mol. The number of esters is 2. The van der Waals surface area contributed by atoms with Gasteiger partial charge in [0, 0.05) is 21.3 Å². The van der Waals surface area contributed by atoms with Crippen molar-refractivity contribution in [3.8, 4) is 0 Å². The maximum Gasteiger partial charge on any atom is 0.343 e. The smallest absolute Gasteiger partial charge is 0.343 e.